The summed E-state index contributed by atoms with van der Waals surface area (Å²) in [6, 6.07) is 25.7. The largest absolute Gasteiger partial charge is 0.497 e. The zero-order valence-corrected chi connectivity index (χ0v) is 36.8. The van der Waals surface area contributed by atoms with Gasteiger partial charge in [-0.2, -0.15) is 0 Å². The van der Waals surface area contributed by atoms with Crippen LogP contribution in [-0.4, -0.2) is 109 Å². The summed E-state index contributed by atoms with van der Waals surface area (Å²) in [5, 5.41) is 11.3. The number of benzene rings is 3. The van der Waals surface area contributed by atoms with E-state index in [9.17, 15) is 24.3 Å². The number of nitrogens with one attached hydrogen (secondary N) is 2. The fourth-order valence-corrected chi connectivity index (χ4v) is 9.75. The van der Waals surface area contributed by atoms with Gasteiger partial charge in [0.1, 0.15) is 54.2 Å². The van der Waals surface area contributed by atoms with Crippen LogP contribution in [-0.2, 0) is 49.9 Å². The Morgan fingerprint density at radius 2 is 1.29 bits per heavy atom. The number of aromatic amines is 2. The molecular weight excluding hydrogens is 893 g/mol. The first-order valence-corrected chi connectivity index (χ1v) is 22.6. The van der Waals surface area contributed by atoms with Gasteiger partial charge >= 0.3 is 18.1 Å². The number of hydrogen-bond donors (Lipinski definition) is 3. The van der Waals surface area contributed by atoms with Crippen LogP contribution in [0, 0.1) is 6.57 Å². The second kappa shape index (κ2) is 20.7. The number of methoxy groups -OCH3 is 3. The van der Waals surface area contributed by atoms with Gasteiger partial charge in [0.25, 0.3) is 11.1 Å². The highest BCUT2D eigenvalue weighted by Crippen LogP contribution is 2.55. The highest BCUT2D eigenvalue weighted by molar-refractivity contribution is 8.07. The first-order valence-electron chi connectivity index (χ1n) is 20.0. The topological polar surface area (TPSA) is 217 Å². The van der Waals surface area contributed by atoms with Crippen molar-refractivity contribution in [1.29, 1.82) is 0 Å². The fraction of sp³-hybridized carbons (Fsp3) is 0.372. The smallest absolute Gasteiger partial charge is 0.330 e. The second-order valence-corrected chi connectivity index (χ2v) is 17.6. The highest BCUT2D eigenvalue weighted by Gasteiger charge is 2.52. The lowest BCUT2D eigenvalue weighted by molar-refractivity contribution is -0.0948. The molecule has 344 valence electrons. The molecule has 2 aliphatic heterocycles. The average molecular weight is 938 g/mol. The minimum Gasteiger partial charge on any atom is -0.497 e. The molecule has 0 aliphatic carbocycles. The molecular formula is C43H45FN5O14PS. The lowest BCUT2D eigenvalue weighted by Crippen LogP contribution is -2.40. The molecule has 3 aromatic carbocycles. The van der Waals surface area contributed by atoms with E-state index in [2.05, 4.69) is 14.8 Å². The summed E-state index contributed by atoms with van der Waals surface area (Å²) in [5.41, 5.74) is -2.66. The van der Waals surface area contributed by atoms with E-state index >= 15 is 4.39 Å². The Morgan fingerprint density at radius 3 is 1.82 bits per heavy atom. The normalized spacial score (nSPS) is 24.0. The van der Waals surface area contributed by atoms with Gasteiger partial charge in [0.05, 0.1) is 27.4 Å². The van der Waals surface area contributed by atoms with Gasteiger partial charge in [-0.1, -0.05) is 54.6 Å². The Morgan fingerprint density at radius 1 is 0.754 bits per heavy atom. The molecule has 2 aliphatic rings. The van der Waals surface area contributed by atoms with E-state index in [-0.39, 0.29) is 13.2 Å². The molecule has 22 heteroatoms. The SMILES string of the molecule is [C-]#[N+]CCOP(=S)(OC[C@H]1O[C@@H](n2ccc(=O)[nH]c2=O)[C@@H](OC)C1O)OC1[C@@H](COC(c2ccccc2)(c2ccc(OC)cc2)c2ccc(OC)cc2)O[C@@H](n2ccc(=O)[nH]c2=O)[C@H]1F. The monoisotopic (exact) mass is 937 g/mol. The first kappa shape index (κ1) is 47.3. The van der Waals surface area contributed by atoms with Crippen molar-refractivity contribution in [1.82, 2.24) is 19.1 Å². The number of aliphatic hydroxyl groups is 1. The van der Waals surface area contributed by atoms with Crippen molar-refractivity contribution >= 4 is 18.5 Å². The molecule has 0 amide bonds. The zero-order valence-electron chi connectivity index (χ0n) is 35.1. The Labute approximate surface area is 375 Å². The van der Waals surface area contributed by atoms with Gasteiger partial charge in [-0.15, -0.1) is 0 Å². The zero-order chi connectivity index (χ0) is 46.3. The molecule has 0 saturated carbocycles. The molecule has 0 radical (unpaired) electrons. The lowest BCUT2D eigenvalue weighted by atomic mass is 9.80. The van der Waals surface area contributed by atoms with Crippen molar-refractivity contribution in [2.24, 2.45) is 0 Å². The van der Waals surface area contributed by atoms with Crippen molar-refractivity contribution < 1.29 is 51.5 Å². The molecule has 2 aromatic heterocycles. The Hall–Kier alpha value is -5.63. The van der Waals surface area contributed by atoms with Crippen molar-refractivity contribution in [2.45, 2.75) is 54.7 Å². The van der Waals surface area contributed by atoms with E-state index in [0.717, 1.165) is 27.5 Å². The molecule has 2 fully saturated rings. The van der Waals surface area contributed by atoms with Crippen molar-refractivity contribution in [3.63, 3.8) is 0 Å². The predicted molar refractivity (Wildman–Crippen MR) is 233 cm³/mol. The van der Waals surface area contributed by atoms with Crippen LogP contribution in [0.5, 0.6) is 11.5 Å². The number of nitrogens with zero attached hydrogens (tertiary/aromatic N) is 3. The molecule has 7 rings (SSSR count). The van der Waals surface area contributed by atoms with Crippen LogP contribution in [0.15, 0.2) is 123 Å². The summed E-state index contributed by atoms with van der Waals surface area (Å²) in [6.07, 6.45) is -9.76. The number of alkyl halides is 1. The van der Waals surface area contributed by atoms with E-state index in [4.69, 9.17) is 60.4 Å². The molecule has 9 atom stereocenters. The van der Waals surface area contributed by atoms with Gasteiger partial charge < -0.3 is 47.4 Å². The summed E-state index contributed by atoms with van der Waals surface area (Å²) in [7, 11) is 4.37. The van der Waals surface area contributed by atoms with Gasteiger partial charge in [-0.25, -0.2) is 20.6 Å². The van der Waals surface area contributed by atoms with Crippen LogP contribution in [0.3, 0.4) is 0 Å². The Balaban J connectivity index is 1.25. The van der Waals surface area contributed by atoms with E-state index in [1.54, 1.807) is 38.5 Å². The van der Waals surface area contributed by atoms with Crippen molar-refractivity contribution in [3.8, 4) is 11.5 Å². The third kappa shape index (κ3) is 10.1. The van der Waals surface area contributed by atoms with Gasteiger partial charge in [0, 0.05) is 31.6 Å². The molecule has 0 spiro atoms. The molecule has 0 bridgehead atoms. The maximum atomic E-state index is 17.2. The van der Waals surface area contributed by atoms with Crippen LogP contribution in [0.2, 0.25) is 0 Å². The molecule has 65 heavy (non-hydrogen) atoms. The fourth-order valence-electron chi connectivity index (χ4n) is 7.66. The summed E-state index contributed by atoms with van der Waals surface area (Å²) < 4.78 is 73.1. The van der Waals surface area contributed by atoms with Crippen LogP contribution in [0.1, 0.15) is 29.1 Å². The molecule has 5 aromatic rings. The van der Waals surface area contributed by atoms with E-state index in [0.29, 0.717) is 28.2 Å². The minimum atomic E-state index is -4.19. The quantitative estimate of drug-likeness (QED) is 0.0469. The molecule has 3 unspecified atom stereocenters. The summed E-state index contributed by atoms with van der Waals surface area (Å²) in [5.74, 6) is 1.15. The van der Waals surface area contributed by atoms with Crippen molar-refractivity contribution in [2.75, 3.05) is 47.7 Å². The summed E-state index contributed by atoms with van der Waals surface area (Å²) in [4.78, 5) is 57.1. The first-order chi connectivity index (χ1) is 31.3. The van der Waals surface area contributed by atoms with E-state index in [1.807, 2.05) is 54.6 Å². The summed E-state index contributed by atoms with van der Waals surface area (Å²) >= 11 is 5.86. The number of halogens is 1. The van der Waals surface area contributed by atoms with Gasteiger partial charge in [0.2, 0.25) is 6.54 Å². The summed E-state index contributed by atoms with van der Waals surface area (Å²) in [6.45, 7) is 1.65. The minimum absolute atomic E-state index is 0.192. The second-order valence-electron chi connectivity index (χ2n) is 14.6. The van der Waals surface area contributed by atoms with Crippen LogP contribution in [0.4, 0.5) is 4.39 Å². The number of ether oxygens (including phenoxy) is 6. The van der Waals surface area contributed by atoms with Gasteiger partial charge in [-0.05, 0) is 52.8 Å². The van der Waals surface area contributed by atoms with Gasteiger partial charge in [-0.3, -0.25) is 33.2 Å². The lowest BCUT2D eigenvalue weighted by Gasteiger charge is -2.37. The molecule has 3 N–H and O–H groups in total. The number of H-pyrrole nitrogens is 2. The maximum absolute atomic E-state index is 17.2. The standard InChI is InChI=1S/C43H45FN5O14PS/c1-45-20-23-59-64(65,60-25-31-36(52)38(57-4)40(61-31)49-22-19-34(51)47-42(49)54)63-37-32(62-39(35(37)44)48-21-18-33(50)46-41(48)53)24-58-43(26-8-6-5-7-9-26,27-10-14-29(55-2)15-11-27)28-12-16-30(56-3)17-13-28/h5-19,21-22,31-32,35-40,52H,20,23-25H2,2-4H3,(H,46,50,53)(H,47,51,54)/t31-,32-,35+,36?,37?,38+,39-,40-,64?/m1/s1. The maximum Gasteiger partial charge on any atom is 0.330 e. The molecule has 19 nitrogen and oxygen atoms in total. The Bertz CT molecular complexity index is 2680. The molecule has 2 saturated heterocycles. The van der Waals surface area contributed by atoms with Crippen LogP contribution in [0.25, 0.3) is 4.85 Å². The predicted octanol–water partition coefficient (Wildman–Crippen LogP) is 3.18. The number of aliphatic hydroxyl groups excluding tert-OH is 1. The third-order valence-corrected chi connectivity index (χ3v) is 13.2. The van der Waals surface area contributed by atoms with Crippen LogP contribution >= 0.6 is 6.72 Å². The molecule has 4 heterocycles. The van der Waals surface area contributed by atoms with Crippen molar-refractivity contribution in [3.05, 3.63) is 173 Å². The number of aromatic nitrogens is 4. The van der Waals surface area contributed by atoms with Gasteiger partial charge in [0.15, 0.2) is 18.6 Å². The highest BCUT2D eigenvalue weighted by atomic mass is 32.5. The average Bonchev–Trinajstić information content (AvgIpc) is 3.79. The number of rotatable bonds is 19. The number of hydrogen-bond acceptors (Lipinski definition) is 15. The van der Waals surface area contributed by atoms with E-state index < -0.39 is 97.2 Å². The van der Waals surface area contributed by atoms with E-state index in [1.165, 1.54) is 13.3 Å². The van der Waals surface area contributed by atoms with Crippen LogP contribution < -0.4 is 32.0 Å². The Kier molecular flexibility index (Phi) is 15.1. The third-order valence-electron chi connectivity index (χ3n) is 10.8.